The molecule has 1 fully saturated rings. The van der Waals surface area contributed by atoms with Crippen LogP contribution in [0.2, 0.25) is 0 Å². The van der Waals surface area contributed by atoms with Gasteiger partial charge in [-0.15, -0.1) is 0 Å². The van der Waals surface area contributed by atoms with Crippen LogP contribution in [-0.4, -0.2) is 27.3 Å². The summed E-state index contributed by atoms with van der Waals surface area (Å²) in [5, 5.41) is 3.31. The predicted octanol–water partition coefficient (Wildman–Crippen LogP) is 2.94. The fourth-order valence-electron chi connectivity index (χ4n) is 2.80. The van der Waals surface area contributed by atoms with Crippen LogP contribution in [0.15, 0.2) is 24.3 Å². The van der Waals surface area contributed by atoms with Gasteiger partial charge in [0.2, 0.25) is 10.0 Å². The molecule has 4 nitrogen and oxygen atoms in total. The summed E-state index contributed by atoms with van der Waals surface area (Å²) >= 11 is 0. The molecule has 1 aliphatic rings. The van der Waals surface area contributed by atoms with E-state index in [1.165, 1.54) is 0 Å². The number of sulfonamides is 1. The summed E-state index contributed by atoms with van der Waals surface area (Å²) in [6.45, 7) is 6.16. The number of rotatable bonds is 6. The summed E-state index contributed by atoms with van der Waals surface area (Å²) in [6.07, 6.45) is 2.91. The predicted molar refractivity (Wildman–Crippen MR) is 88.2 cm³/mol. The van der Waals surface area contributed by atoms with Gasteiger partial charge in [-0.1, -0.05) is 32.0 Å². The summed E-state index contributed by atoms with van der Waals surface area (Å²) in [4.78, 5) is 0. The molecule has 1 saturated heterocycles. The van der Waals surface area contributed by atoms with Gasteiger partial charge in [0.15, 0.2) is 0 Å². The SMILES string of the molecule is CC(C)c1ccccc1NS(=O)(=O)CCC1CCNCC1. The highest BCUT2D eigenvalue weighted by Crippen LogP contribution is 2.25. The fraction of sp³-hybridized carbons (Fsp3) is 0.625. The van der Waals surface area contributed by atoms with Crippen LogP contribution >= 0.6 is 0 Å². The van der Waals surface area contributed by atoms with Gasteiger partial charge in [0.05, 0.1) is 11.4 Å². The number of benzene rings is 1. The van der Waals surface area contributed by atoms with Gasteiger partial charge >= 0.3 is 0 Å². The summed E-state index contributed by atoms with van der Waals surface area (Å²) in [7, 11) is -3.26. The van der Waals surface area contributed by atoms with E-state index in [-0.39, 0.29) is 5.75 Å². The smallest absolute Gasteiger partial charge is 0.232 e. The number of piperidine rings is 1. The molecule has 0 unspecified atom stereocenters. The van der Waals surface area contributed by atoms with Gasteiger partial charge < -0.3 is 5.32 Å². The summed E-state index contributed by atoms with van der Waals surface area (Å²) in [6, 6.07) is 7.64. The second-order valence-electron chi connectivity index (χ2n) is 6.14. The van der Waals surface area contributed by atoms with Gasteiger partial charge in [0.25, 0.3) is 0 Å². The lowest BCUT2D eigenvalue weighted by molar-refractivity contribution is 0.365. The number of anilines is 1. The van der Waals surface area contributed by atoms with E-state index in [1.54, 1.807) is 0 Å². The van der Waals surface area contributed by atoms with E-state index in [2.05, 4.69) is 23.9 Å². The Labute approximate surface area is 128 Å². The van der Waals surface area contributed by atoms with Crippen molar-refractivity contribution in [1.82, 2.24) is 5.32 Å². The standard InChI is InChI=1S/C16H26N2O2S/c1-13(2)15-5-3-4-6-16(15)18-21(19,20)12-9-14-7-10-17-11-8-14/h3-6,13-14,17-18H,7-12H2,1-2H3. The molecule has 21 heavy (non-hydrogen) atoms. The maximum atomic E-state index is 12.3. The zero-order valence-electron chi connectivity index (χ0n) is 12.9. The van der Waals surface area contributed by atoms with E-state index in [1.807, 2.05) is 24.3 Å². The normalized spacial score (nSPS) is 17.1. The van der Waals surface area contributed by atoms with E-state index >= 15 is 0 Å². The quantitative estimate of drug-likeness (QED) is 0.849. The molecule has 2 rings (SSSR count). The molecule has 0 atom stereocenters. The van der Waals surface area contributed by atoms with Gasteiger partial charge in [-0.05, 0) is 55.8 Å². The van der Waals surface area contributed by atoms with E-state index in [4.69, 9.17) is 0 Å². The molecule has 0 aliphatic carbocycles. The average molecular weight is 310 g/mol. The van der Waals surface area contributed by atoms with Crippen molar-refractivity contribution in [3.05, 3.63) is 29.8 Å². The molecular formula is C16H26N2O2S. The molecule has 0 spiro atoms. The Hall–Kier alpha value is -1.07. The lowest BCUT2D eigenvalue weighted by Gasteiger charge is -2.22. The van der Waals surface area contributed by atoms with Crippen LogP contribution < -0.4 is 10.0 Å². The monoisotopic (exact) mass is 310 g/mol. The molecule has 118 valence electrons. The van der Waals surface area contributed by atoms with Crippen molar-refractivity contribution in [2.75, 3.05) is 23.6 Å². The molecule has 1 heterocycles. The minimum atomic E-state index is -3.26. The van der Waals surface area contributed by atoms with E-state index in [9.17, 15) is 8.42 Å². The Balaban J connectivity index is 1.97. The molecule has 1 aliphatic heterocycles. The van der Waals surface area contributed by atoms with Gasteiger partial charge in [-0.2, -0.15) is 0 Å². The van der Waals surface area contributed by atoms with Gasteiger partial charge in [0.1, 0.15) is 0 Å². The number of hydrogen-bond acceptors (Lipinski definition) is 3. The molecule has 1 aromatic rings. The maximum Gasteiger partial charge on any atom is 0.232 e. The first-order valence-corrected chi connectivity index (χ1v) is 9.43. The Morgan fingerprint density at radius 2 is 1.90 bits per heavy atom. The van der Waals surface area contributed by atoms with Gasteiger partial charge in [0, 0.05) is 0 Å². The van der Waals surface area contributed by atoms with Crippen molar-refractivity contribution >= 4 is 15.7 Å². The van der Waals surface area contributed by atoms with E-state index in [0.29, 0.717) is 11.8 Å². The first-order valence-electron chi connectivity index (χ1n) is 7.78. The average Bonchev–Trinajstić information content (AvgIpc) is 2.46. The summed E-state index contributed by atoms with van der Waals surface area (Å²) < 4.78 is 27.3. The van der Waals surface area contributed by atoms with Crippen molar-refractivity contribution in [2.24, 2.45) is 5.92 Å². The molecule has 5 heteroatoms. The van der Waals surface area contributed by atoms with Crippen LogP contribution in [0.1, 0.15) is 44.6 Å². The van der Waals surface area contributed by atoms with Crippen LogP contribution in [0.25, 0.3) is 0 Å². The Bertz CT molecular complexity index is 549. The Kier molecular flexibility index (Phi) is 5.65. The number of nitrogens with one attached hydrogen (secondary N) is 2. The third-order valence-electron chi connectivity index (χ3n) is 4.10. The van der Waals surface area contributed by atoms with Crippen LogP contribution in [-0.2, 0) is 10.0 Å². The fourth-order valence-corrected chi connectivity index (χ4v) is 4.07. The molecule has 0 amide bonds. The number of para-hydroxylation sites is 1. The van der Waals surface area contributed by atoms with E-state index in [0.717, 1.165) is 43.6 Å². The first-order chi connectivity index (χ1) is 9.98. The lowest BCUT2D eigenvalue weighted by atomic mass is 9.96. The second kappa shape index (κ2) is 7.27. The molecule has 2 N–H and O–H groups in total. The van der Waals surface area contributed by atoms with Crippen LogP contribution in [0.4, 0.5) is 5.69 Å². The first kappa shape index (κ1) is 16.3. The third kappa shape index (κ3) is 5.00. The number of hydrogen-bond donors (Lipinski definition) is 2. The Morgan fingerprint density at radius 1 is 1.24 bits per heavy atom. The molecular weight excluding hydrogens is 284 g/mol. The summed E-state index contributed by atoms with van der Waals surface area (Å²) in [5.41, 5.74) is 1.76. The molecule has 1 aromatic carbocycles. The van der Waals surface area contributed by atoms with Crippen molar-refractivity contribution in [1.29, 1.82) is 0 Å². The molecule has 0 bridgehead atoms. The van der Waals surface area contributed by atoms with E-state index < -0.39 is 10.0 Å². The van der Waals surface area contributed by atoms with Crippen molar-refractivity contribution in [3.63, 3.8) is 0 Å². The van der Waals surface area contributed by atoms with Crippen LogP contribution in [0.3, 0.4) is 0 Å². The van der Waals surface area contributed by atoms with Crippen molar-refractivity contribution in [2.45, 2.75) is 39.0 Å². The highest BCUT2D eigenvalue weighted by Gasteiger charge is 2.19. The van der Waals surface area contributed by atoms with Crippen LogP contribution in [0, 0.1) is 5.92 Å². The lowest BCUT2D eigenvalue weighted by Crippen LogP contribution is -2.29. The summed E-state index contributed by atoms with van der Waals surface area (Å²) in [5.74, 6) is 1.04. The zero-order valence-corrected chi connectivity index (χ0v) is 13.7. The Morgan fingerprint density at radius 3 is 2.57 bits per heavy atom. The maximum absolute atomic E-state index is 12.3. The highest BCUT2D eigenvalue weighted by molar-refractivity contribution is 7.92. The largest absolute Gasteiger partial charge is 0.317 e. The third-order valence-corrected chi connectivity index (χ3v) is 5.41. The minimum Gasteiger partial charge on any atom is -0.317 e. The zero-order chi connectivity index (χ0) is 15.3. The van der Waals surface area contributed by atoms with Crippen molar-refractivity contribution in [3.8, 4) is 0 Å². The van der Waals surface area contributed by atoms with Gasteiger partial charge in [-0.25, -0.2) is 8.42 Å². The second-order valence-corrected chi connectivity index (χ2v) is 7.99. The topological polar surface area (TPSA) is 58.2 Å². The molecule has 0 saturated carbocycles. The minimum absolute atomic E-state index is 0.212. The van der Waals surface area contributed by atoms with Crippen molar-refractivity contribution < 1.29 is 8.42 Å². The molecule has 0 radical (unpaired) electrons. The highest BCUT2D eigenvalue weighted by atomic mass is 32.2. The van der Waals surface area contributed by atoms with Gasteiger partial charge in [-0.3, -0.25) is 4.72 Å². The molecule has 0 aromatic heterocycles. The van der Waals surface area contributed by atoms with Crippen LogP contribution in [0.5, 0.6) is 0 Å².